The van der Waals surface area contributed by atoms with Crippen LogP contribution in [0.4, 0.5) is 0 Å². The van der Waals surface area contributed by atoms with Gasteiger partial charge in [0.05, 0.1) is 6.61 Å². The van der Waals surface area contributed by atoms with Crippen molar-refractivity contribution >= 4 is 17.3 Å². The van der Waals surface area contributed by atoms with Crippen LogP contribution in [-0.2, 0) is 4.74 Å². The van der Waals surface area contributed by atoms with Gasteiger partial charge >= 0.3 is 0 Å². The first kappa shape index (κ1) is 11.7. The molecule has 0 fully saturated rings. The molecule has 1 nitrogen and oxygen atoms in total. The van der Waals surface area contributed by atoms with Crippen LogP contribution in [0.1, 0.15) is 40.0 Å². The van der Waals surface area contributed by atoms with Crippen molar-refractivity contribution in [3.63, 3.8) is 0 Å². The fraction of sp³-hybridized carbons (Fsp3) is 0.750. The van der Waals surface area contributed by atoms with E-state index < -0.39 is 0 Å². The van der Waals surface area contributed by atoms with E-state index in [0.717, 1.165) is 12.5 Å². The van der Waals surface area contributed by atoms with Crippen LogP contribution in [0, 0.1) is 11.8 Å². The summed E-state index contributed by atoms with van der Waals surface area (Å²) in [5.41, 5.74) is 1.54. The second kappa shape index (κ2) is 5.50. The van der Waals surface area contributed by atoms with E-state index in [0.29, 0.717) is 11.0 Å². The van der Waals surface area contributed by atoms with Crippen LogP contribution in [0.25, 0.3) is 0 Å². The first-order valence-corrected chi connectivity index (χ1v) is 5.79. The molecule has 0 aliphatic heterocycles. The quantitative estimate of drug-likeness (QED) is 0.521. The zero-order chi connectivity index (χ0) is 10.6. The van der Waals surface area contributed by atoms with E-state index >= 15 is 0 Å². The minimum Gasteiger partial charge on any atom is -0.487 e. The Labute approximate surface area is 92.5 Å². The Morgan fingerprint density at radius 3 is 2.93 bits per heavy atom. The van der Waals surface area contributed by atoms with Crippen LogP contribution < -0.4 is 0 Å². The topological polar surface area (TPSA) is 9.23 Å². The maximum absolute atomic E-state index is 5.39. The number of hydrogen-bond donors (Lipinski definition) is 0. The van der Waals surface area contributed by atoms with E-state index in [2.05, 4.69) is 19.9 Å². The maximum atomic E-state index is 5.39. The van der Waals surface area contributed by atoms with Gasteiger partial charge in [0.15, 0.2) is 5.05 Å². The molecule has 0 aromatic heterocycles. The smallest absolute Gasteiger partial charge is 0.156 e. The molecule has 1 rings (SSSR count). The summed E-state index contributed by atoms with van der Waals surface area (Å²) >= 11 is 4.90. The molecule has 1 aliphatic rings. The molecule has 1 aliphatic carbocycles. The molecular weight excluding hydrogens is 192 g/mol. The van der Waals surface area contributed by atoms with Gasteiger partial charge in [-0.05, 0) is 50.2 Å². The lowest BCUT2D eigenvalue weighted by molar-refractivity contribution is 0.192. The van der Waals surface area contributed by atoms with Crippen LogP contribution in [0.5, 0.6) is 0 Å². The normalized spacial score (nSPS) is 23.9. The van der Waals surface area contributed by atoms with Gasteiger partial charge in [0.2, 0.25) is 0 Å². The molecule has 0 N–H and O–H groups in total. The number of ether oxygens (including phenoxy) is 1. The van der Waals surface area contributed by atoms with Gasteiger partial charge in [-0.3, -0.25) is 0 Å². The largest absolute Gasteiger partial charge is 0.487 e. The Kier molecular flexibility index (Phi) is 4.59. The molecule has 0 aromatic carbocycles. The third kappa shape index (κ3) is 3.79. The molecule has 2 atom stereocenters. The molecule has 0 spiro atoms. The van der Waals surface area contributed by atoms with Crippen molar-refractivity contribution in [2.75, 3.05) is 6.61 Å². The summed E-state index contributed by atoms with van der Waals surface area (Å²) in [4.78, 5) is 0. The molecular formula is C12H20OS. The highest BCUT2D eigenvalue weighted by Gasteiger charge is 2.19. The number of thiocarbonyl (C=S) groups is 1. The maximum Gasteiger partial charge on any atom is 0.156 e. The van der Waals surface area contributed by atoms with Crippen molar-refractivity contribution in [2.45, 2.75) is 40.0 Å². The lowest BCUT2D eigenvalue weighted by atomic mass is 9.82. The monoisotopic (exact) mass is 212 g/mol. The zero-order valence-electron chi connectivity index (χ0n) is 9.38. The second-order valence-corrected chi connectivity index (χ2v) is 4.94. The lowest BCUT2D eigenvalue weighted by Crippen LogP contribution is -2.19. The predicted octanol–water partition coefficient (Wildman–Crippen LogP) is 3.73. The Balaban J connectivity index is 2.31. The summed E-state index contributed by atoms with van der Waals surface area (Å²) in [7, 11) is 0. The van der Waals surface area contributed by atoms with Gasteiger partial charge in [-0.15, -0.1) is 0 Å². The number of allylic oxidation sites excluding steroid dienone is 2. The fourth-order valence-electron chi connectivity index (χ4n) is 1.89. The molecule has 0 aromatic rings. The van der Waals surface area contributed by atoms with Crippen LogP contribution >= 0.6 is 12.2 Å². The average Bonchev–Trinajstić information content (AvgIpc) is 2.15. The van der Waals surface area contributed by atoms with Gasteiger partial charge in [-0.1, -0.05) is 18.6 Å². The molecule has 0 heterocycles. The molecule has 0 saturated heterocycles. The molecule has 1 unspecified atom stereocenters. The van der Waals surface area contributed by atoms with Crippen LogP contribution in [0.2, 0.25) is 0 Å². The van der Waals surface area contributed by atoms with Gasteiger partial charge in [-0.2, -0.15) is 0 Å². The molecule has 80 valence electrons. The Morgan fingerprint density at radius 1 is 1.71 bits per heavy atom. The van der Waals surface area contributed by atoms with Crippen molar-refractivity contribution in [3.8, 4) is 0 Å². The van der Waals surface area contributed by atoms with E-state index in [1.807, 2.05) is 6.92 Å². The highest BCUT2D eigenvalue weighted by molar-refractivity contribution is 7.80. The summed E-state index contributed by atoms with van der Waals surface area (Å²) in [6, 6.07) is 0. The third-order valence-corrected chi connectivity index (χ3v) is 3.15. The van der Waals surface area contributed by atoms with Crippen molar-refractivity contribution in [1.82, 2.24) is 0 Å². The van der Waals surface area contributed by atoms with E-state index in [4.69, 9.17) is 17.0 Å². The van der Waals surface area contributed by atoms with Gasteiger partial charge in [0.25, 0.3) is 0 Å². The summed E-state index contributed by atoms with van der Waals surface area (Å²) in [5.74, 6) is 1.41. The molecule has 0 bridgehead atoms. The lowest BCUT2D eigenvalue weighted by Gasteiger charge is -2.26. The highest BCUT2D eigenvalue weighted by Crippen LogP contribution is 2.29. The molecule has 0 radical (unpaired) electrons. The highest BCUT2D eigenvalue weighted by atomic mass is 32.1. The van der Waals surface area contributed by atoms with Crippen molar-refractivity contribution < 1.29 is 4.74 Å². The summed E-state index contributed by atoms with van der Waals surface area (Å²) in [5, 5.41) is 0.666. The van der Waals surface area contributed by atoms with Crippen LogP contribution in [0.3, 0.4) is 0 Å². The molecule has 14 heavy (non-hydrogen) atoms. The second-order valence-electron chi connectivity index (χ2n) is 4.36. The first-order chi connectivity index (χ1) is 6.59. The summed E-state index contributed by atoms with van der Waals surface area (Å²) in [6.45, 7) is 7.11. The van der Waals surface area contributed by atoms with Crippen molar-refractivity contribution in [2.24, 2.45) is 11.8 Å². The predicted molar refractivity (Wildman–Crippen MR) is 64.5 cm³/mol. The SMILES string of the molecule is CC(=S)OCC(C)[C@@H]1CC=C(C)CC1. The molecule has 0 amide bonds. The fourth-order valence-corrected chi connectivity index (χ4v) is 1.96. The Morgan fingerprint density at radius 2 is 2.43 bits per heavy atom. The van der Waals surface area contributed by atoms with E-state index in [1.54, 1.807) is 5.57 Å². The minimum absolute atomic E-state index is 0.622. The van der Waals surface area contributed by atoms with Gasteiger partial charge in [-0.25, -0.2) is 0 Å². The summed E-state index contributed by atoms with van der Waals surface area (Å²) in [6.07, 6.45) is 6.15. The number of hydrogen-bond acceptors (Lipinski definition) is 2. The number of rotatable bonds is 3. The van der Waals surface area contributed by atoms with Crippen LogP contribution in [-0.4, -0.2) is 11.7 Å². The van der Waals surface area contributed by atoms with Gasteiger partial charge < -0.3 is 4.74 Å². The Hall–Kier alpha value is -0.370. The minimum atomic E-state index is 0.622. The van der Waals surface area contributed by atoms with Crippen LogP contribution in [0.15, 0.2) is 11.6 Å². The first-order valence-electron chi connectivity index (χ1n) is 5.38. The van der Waals surface area contributed by atoms with E-state index in [-0.39, 0.29) is 0 Å². The standard InChI is InChI=1S/C12H20OS/c1-9-4-6-12(7-5-9)10(2)8-13-11(3)14/h4,10,12H,5-8H2,1-3H3/t10?,12-/m1/s1. The van der Waals surface area contributed by atoms with Crippen molar-refractivity contribution in [3.05, 3.63) is 11.6 Å². The zero-order valence-corrected chi connectivity index (χ0v) is 10.2. The van der Waals surface area contributed by atoms with Crippen molar-refractivity contribution in [1.29, 1.82) is 0 Å². The van der Waals surface area contributed by atoms with E-state index in [1.165, 1.54) is 19.3 Å². The van der Waals surface area contributed by atoms with Gasteiger partial charge in [0, 0.05) is 6.92 Å². The average molecular weight is 212 g/mol. The van der Waals surface area contributed by atoms with E-state index in [9.17, 15) is 0 Å². The molecule has 0 saturated carbocycles. The third-order valence-electron chi connectivity index (χ3n) is 3.03. The van der Waals surface area contributed by atoms with Gasteiger partial charge in [0.1, 0.15) is 0 Å². The molecule has 2 heteroatoms. The summed E-state index contributed by atoms with van der Waals surface area (Å²) < 4.78 is 5.39. The Bertz CT molecular complexity index is 232.